The smallest absolute Gasteiger partial charge is 0.254 e. The van der Waals surface area contributed by atoms with Gasteiger partial charge < -0.3 is 9.80 Å². The molecule has 0 N–H and O–H groups in total. The number of benzene rings is 1. The first-order valence-corrected chi connectivity index (χ1v) is 9.27. The number of rotatable bonds is 3. The van der Waals surface area contributed by atoms with Crippen LogP contribution in [-0.2, 0) is 0 Å². The number of carbonyl (C=O) groups is 1. The van der Waals surface area contributed by atoms with Crippen molar-refractivity contribution in [2.75, 3.05) is 20.1 Å². The lowest BCUT2D eigenvalue weighted by Gasteiger charge is -2.33. The van der Waals surface area contributed by atoms with E-state index in [9.17, 15) is 4.79 Å². The highest BCUT2D eigenvalue weighted by Gasteiger charge is 2.38. The SMILES string of the molecule is Cc1ccn(-c2cccc(C(=O)N3CCC[C@@H]3[C@H]3CCCN3C)c2)n1. The Hall–Kier alpha value is -2.14. The molecule has 2 aliphatic heterocycles. The van der Waals surface area contributed by atoms with Crippen molar-refractivity contribution in [3.63, 3.8) is 0 Å². The minimum Gasteiger partial charge on any atom is -0.334 e. The largest absolute Gasteiger partial charge is 0.334 e. The molecule has 0 radical (unpaired) electrons. The molecule has 0 bridgehead atoms. The second-order valence-electron chi connectivity index (χ2n) is 7.35. The van der Waals surface area contributed by atoms with Gasteiger partial charge in [0.05, 0.1) is 11.4 Å². The van der Waals surface area contributed by atoms with Gasteiger partial charge in [-0.05, 0) is 70.5 Å². The van der Waals surface area contributed by atoms with Gasteiger partial charge in [0.15, 0.2) is 0 Å². The van der Waals surface area contributed by atoms with Gasteiger partial charge in [-0.2, -0.15) is 5.10 Å². The maximum absolute atomic E-state index is 13.2. The molecule has 2 aromatic rings. The van der Waals surface area contributed by atoms with Crippen LogP contribution in [0.15, 0.2) is 36.5 Å². The van der Waals surface area contributed by atoms with E-state index in [0.29, 0.717) is 12.1 Å². The molecule has 1 amide bonds. The maximum Gasteiger partial charge on any atom is 0.254 e. The number of carbonyl (C=O) groups excluding carboxylic acids is 1. The van der Waals surface area contributed by atoms with Crippen LogP contribution in [0.4, 0.5) is 0 Å². The molecule has 2 fully saturated rings. The zero-order valence-electron chi connectivity index (χ0n) is 15.1. The predicted molar refractivity (Wildman–Crippen MR) is 98.0 cm³/mol. The van der Waals surface area contributed by atoms with Crippen molar-refractivity contribution in [3.05, 3.63) is 47.8 Å². The molecule has 0 saturated carbocycles. The lowest BCUT2D eigenvalue weighted by atomic mass is 10.0. The summed E-state index contributed by atoms with van der Waals surface area (Å²) in [5.74, 6) is 0.161. The third-order valence-electron chi connectivity index (χ3n) is 5.66. The lowest BCUT2D eigenvalue weighted by Crippen LogP contribution is -2.47. The molecule has 4 rings (SSSR count). The highest BCUT2D eigenvalue weighted by atomic mass is 16.2. The molecule has 1 aromatic carbocycles. The predicted octanol–water partition coefficient (Wildman–Crippen LogP) is 2.88. The summed E-state index contributed by atoms with van der Waals surface area (Å²) >= 11 is 0. The Bertz CT molecular complexity index is 769. The van der Waals surface area contributed by atoms with E-state index >= 15 is 0 Å². The maximum atomic E-state index is 13.2. The summed E-state index contributed by atoms with van der Waals surface area (Å²) in [5.41, 5.74) is 2.67. The van der Waals surface area contributed by atoms with Crippen LogP contribution in [0.2, 0.25) is 0 Å². The van der Waals surface area contributed by atoms with Crippen LogP contribution in [0.1, 0.15) is 41.7 Å². The molecule has 132 valence electrons. The Morgan fingerprint density at radius 1 is 1.12 bits per heavy atom. The number of aryl methyl sites for hydroxylation is 1. The normalized spacial score (nSPS) is 24.2. The highest BCUT2D eigenvalue weighted by molar-refractivity contribution is 5.95. The minimum absolute atomic E-state index is 0.161. The topological polar surface area (TPSA) is 41.4 Å². The van der Waals surface area contributed by atoms with Crippen LogP contribution in [0.5, 0.6) is 0 Å². The summed E-state index contributed by atoms with van der Waals surface area (Å²) in [7, 11) is 2.19. The Balaban J connectivity index is 1.58. The first-order chi connectivity index (χ1) is 12.1. The van der Waals surface area contributed by atoms with Crippen molar-refractivity contribution in [2.45, 2.75) is 44.7 Å². The van der Waals surface area contributed by atoms with E-state index in [1.54, 1.807) is 0 Å². The molecule has 3 heterocycles. The van der Waals surface area contributed by atoms with Crippen molar-refractivity contribution in [1.82, 2.24) is 19.6 Å². The fraction of sp³-hybridized carbons (Fsp3) is 0.500. The van der Waals surface area contributed by atoms with Gasteiger partial charge in [-0.25, -0.2) is 4.68 Å². The Morgan fingerprint density at radius 3 is 2.64 bits per heavy atom. The summed E-state index contributed by atoms with van der Waals surface area (Å²) in [4.78, 5) is 17.7. The molecule has 0 unspecified atom stereocenters. The molecule has 1 aromatic heterocycles. The average Bonchev–Trinajstić information content (AvgIpc) is 3.34. The Kier molecular flexibility index (Phi) is 4.34. The second-order valence-corrected chi connectivity index (χ2v) is 7.35. The molecule has 25 heavy (non-hydrogen) atoms. The van der Waals surface area contributed by atoms with Crippen LogP contribution in [-0.4, -0.2) is 57.7 Å². The standard InChI is InChI=1S/C20H26N4O/c1-15-10-13-24(21-15)17-7-3-6-16(14-17)20(25)23-12-5-9-19(23)18-8-4-11-22(18)2/h3,6-7,10,13-14,18-19H,4-5,8-9,11-12H2,1-2H3/t18-,19-/m1/s1. The van der Waals surface area contributed by atoms with Crippen molar-refractivity contribution in [2.24, 2.45) is 0 Å². The van der Waals surface area contributed by atoms with E-state index in [0.717, 1.165) is 42.9 Å². The first kappa shape index (κ1) is 16.3. The van der Waals surface area contributed by atoms with Crippen LogP contribution in [0.25, 0.3) is 5.69 Å². The Labute approximate surface area is 149 Å². The second kappa shape index (κ2) is 6.64. The molecule has 2 atom stereocenters. The van der Waals surface area contributed by atoms with E-state index in [2.05, 4.69) is 21.9 Å². The molecule has 0 aliphatic carbocycles. The minimum atomic E-state index is 0.161. The summed E-state index contributed by atoms with van der Waals surface area (Å²) in [6.07, 6.45) is 6.62. The van der Waals surface area contributed by atoms with Crippen LogP contribution in [0, 0.1) is 6.92 Å². The molecular formula is C20H26N4O. The zero-order valence-corrected chi connectivity index (χ0v) is 15.1. The third-order valence-corrected chi connectivity index (χ3v) is 5.66. The summed E-state index contributed by atoms with van der Waals surface area (Å²) in [6, 6.07) is 10.7. The molecular weight excluding hydrogens is 312 g/mol. The number of likely N-dealkylation sites (N-methyl/N-ethyl adjacent to an activating group) is 1. The van der Waals surface area contributed by atoms with Crippen LogP contribution < -0.4 is 0 Å². The van der Waals surface area contributed by atoms with Crippen molar-refractivity contribution >= 4 is 5.91 Å². The van der Waals surface area contributed by atoms with Crippen LogP contribution >= 0.6 is 0 Å². The van der Waals surface area contributed by atoms with Crippen molar-refractivity contribution in [3.8, 4) is 5.69 Å². The number of amides is 1. The Morgan fingerprint density at radius 2 is 1.92 bits per heavy atom. The van der Waals surface area contributed by atoms with E-state index in [4.69, 9.17) is 0 Å². The fourth-order valence-electron chi connectivity index (χ4n) is 4.37. The van der Waals surface area contributed by atoms with Gasteiger partial charge in [-0.3, -0.25) is 4.79 Å². The van der Waals surface area contributed by atoms with Gasteiger partial charge >= 0.3 is 0 Å². The monoisotopic (exact) mass is 338 g/mol. The van der Waals surface area contributed by atoms with Gasteiger partial charge in [-0.1, -0.05) is 6.07 Å². The van der Waals surface area contributed by atoms with Gasteiger partial charge in [0.2, 0.25) is 0 Å². The molecule has 0 spiro atoms. The van der Waals surface area contributed by atoms with E-state index in [1.807, 2.05) is 48.1 Å². The summed E-state index contributed by atoms with van der Waals surface area (Å²) in [5, 5.41) is 4.45. The van der Waals surface area contributed by atoms with Gasteiger partial charge in [0.1, 0.15) is 0 Å². The van der Waals surface area contributed by atoms with Crippen LogP contribution in [0.3, 0.4) is 0 Å². The fourth-order valence-corrected chi connectivity index (χ4v) is 4.37. The van der Waals surface area contributed by atoms with Gasteiger partial charge in [-0.15, -0.1) is 0 Å². The van der Waals surface area contributed by atoms with E-state index < -0.39 is 0 Å². The van der Waals surface area contributed by atoms with Gasteiger partial charge in [0, 0.05) is 30.4 Å². The molecule has 2 aliphatic rings. The number of aromatic nitrogens is 2. The number of likely N-dealkylation sites (tertiary alicyclic amines) is 2. The number of hydrogen-bond donors (Lipinski definition) is 0. The summed E-state index contributed by atoms with van der Waals surface area (Å²) in [6.45, 7) is 3.99. The van der Waals surface area contributed by atoms with E-state index in [1.165, 1.54) is 12.8 Å². The van der Waals surface area contributed by atoms with Crippen molar-refractivity contribution < 1.29 is 4.79 Å². The van der Waals surface area contributed by atoms with Gasteiger partial charge in [0.25, 0.3) is 5.91 Å². The number of nitrogens with zero attached hydrogens (tertiary/aromatic N) is 4. The van der Waals surface area contributed by atoms with E-state index in [-0.39, 0.29) is 5.91 Å². The first-order valence-electron chi connectivity index (χ1n) is 9.27. The molecule has 5 nitrogen and oxygen atoms in total. The molecule has 5 heteroatoms. The number of hydrogen-bond acceptors (Lipinski definition) is 3. The summed E-state index contributed by atoms with van der Waals surface area (Å²) < 4.78 is 1.83. The van der Waals surface area contributed by atoms with Crippen molar-refractivity contribution in [1.29, 1.82) is 0 Å². The highest BCUT2D eigenvalue weighted by Crippen LogP contribution is 2.30. The quantitative estimate of drug-likeness (QED) is 0.864. The zero-order chi connectivity index (χ0) is 17.4. The lowest BCUT2D eigenvalue weighted by molar-refractivity contribution is 0.0664. The third kappa shape index (κ3) is 3.09. The molecule has 2 saturated heterocycles. The average molecular weight is 338 g/mol.